The zero-order valence-electron chi connectivity index (χ0n) is 9.03. The molecule has 0 unspecified atom stereocenters. The lowest BCUT2D eigenvalue weighted by atomic mass is 10.0. The Labute approximate surface area is 90.0 Å². The molecule has 0 saturated heterocycles. The van der Waals surface area contributed by atoms with Gasteiger partial charge in [0.2, 0.25) is 0 Å². The summed E-state index contributed by atoms with van der Waals surface area (Å²) in [5, 5.41) is 3.35. The molecule has 2 atom stereocenters. The average Bonchev–Trinajstić information content (AvgIpc) is 2.48. The molecule has 2 rings (SSSR count). The first-order chi connectivity index (χ1) is 7.18. The normalized spacial score (nSPS) is 25.2. The van der Waals surface area contributed by atoms with E-state index in [1.165, 1.54) is 0 Å². The molecule has 1 aromatic rings. The first kappa shape index (κ1) is 9.97. The Balaban J connectivity index is 2.12. The molecular weight excluding hydrogens is 186 g/mol. The Morgan fingerprint density at radius 3 is 2.40 bits per heavy atom. The number of benzene rings is 1. The van der Waals surface area contributed by atoms with E-state index in [0.29, 0.717) is 0 Å². The van der Waals surface area contributed by atoms with Crippen molar-refractivity contribution in [3.63, 3.8) is 0 Å². The van der Waals surface area contributed by atoms with Crippen molar-refractivity contribution in [1.82, 2.24) is 0 Å². The molecule has 0 bridgehead atoms. The molecule has 0 aliphatic heterocycles. The minimum absolute atomic E-state index is 0.0465. The molecule has 0 fully saturated rings. The van der Waals surface area contributed by atoms with Gasteiger partial charge in [-0.3, -0.25) is 4.79 Å². The number of para-hydroxylation sites is 1. The number of anilines is 1. The summed E-state index contributed by atoms with van der Waals surface area (Å²) < 4.78 is 0. The molecule has 0 amide bonds. The van der Waals surface area contributed by atoms with Crippen LogP contribution < -0.4 is 5.32 Å². The summed E-state index contributed by atoms with van der Waals surface area (Å²) in [5.74, 6) is 0.300. The third kappa shape index (κ3) is 1.94. The van der Waals surface area contributed by atoms with Gasteiger partial charge >= 0.3 is 0 Å². The van der Waals surface area contributed by atoms with Crippen LogP contribution in [0.2, 0.25) is 0 Å². The van der Waals surface area contributed by atoms with Gasteiger partial charge in [-0.25, -0.2) is 0 Å². The fraction of sp³-hybridized carbons (Fsp3) is 0.308. The van der Waals surface area contributed by atoms with Gasteiger partial charge in [0, 0.05) is 11.6 Å². The van der Waals surface area contributed by atoms with E-state index in [1.807, 2.05) is 50.3 Å². The van der Waals surface area contributed by atoms with Gasteiger partial charge < -0.3 is 5.32 Å². The van der Waals surface area contributed by atoms with Gasteiger partial charge in [-0.05, 0) is 24.6 Å². The van der Waals surface area contributed by atoms with Crippen LogP contribution in [0.5, 0.6) is 0 Å². The van der Waals surface area contributed by atoms with E-state index in [0.717, 1.165) is 11.3 Å². The van der Waals surface area contributed by atoms with Gasteiger partial charge in [-0.2, -0.15) is 0 Å². The number of allylic oxidation sites excluding steroid dienone is 1. The molecule has 0 spiro atoms. The predicted molar refractivity (Wildman–Crippen MR) is 61.8 cm³/mol. The maximum absolute atomic E-state index is 11.6. The molecule has 1 aromatic carbocycles. The molecule has 2 heteroatoms. The zero-order valence-corrected chi connectivity index (χ0v) is 9.03. The van der Waals surface area contributed by atoms with E-state index in [4.69, 9.17) is 0 Å². The fourth-order valence-corrected chi connectivity index (χ4v) is 1.91. The molecule has 2 nitrogen and oxygen atoms in total. The molecule has 0 aromatic heterocycles. The maximum atomic E-state index is 11.6. The summed E-state index contributed by atoms with van der Waals surface area (Å²) in [6.07, 6.45) is 2.01. The molecule has 0 heterocycles. The van der Waals surface area contributed by atoms with Crippen molar-refractivity contribution >= 4 is 11.5 Å². The van der Waals surface area contributed by atoms with E-state index >= 15 is 0 Å². The molecule has 1 N–H and O–H groups in total. The molecule has 0 radical (unpaired) electrons. The second kappa shape index (κ2) is 3.89. The lowest BCUT2D eigenvalue weighted by Gasteiger charge is -2.16. The number of nitrogens with one attached hydrogen (secondary N) is 1. The van der Waals surface area contributed by atoms with Crippen molar-refractivity contribution in [3.05, 3.63) is 42.0 Å². The van der Waals surface area contributed by atoms with Crippen molar-refractivity contribution in [2.75, 3.05) is 5.32 Å². The van der Waals surface area contributed by atoms with E-state index in [9.17, 15) is 4.79 Å². The molecule has 78 valence electrons. The maximum Gasteiger partial charge on any atom is 0.163 e. The summed E-state index contributed by atoms with van der Waals surface area (Å²) in [5.41, 5.74) is 1.93. The zero-order chi connectivity index (χ0) is 10.8. The smallest absolute Gasteiger partial charge is 0.163 e. The number of hydrogen-bond donors (Lipinski definition) is 1. The van der Waals surface area contributed by atoms with Crippen LogP contribution in [0.1, 0.15) is 13.8 Å². The van der Waals surface area contributed by atoms with Crippen LogP contribution in [-0.4, -0.2) is 11.8 Å². The van der Waals surface area contributed by atoms with Crippen LogP contribution in [0.15, 0.2) is 42.0 Å². The van der Waals surface area contributed by atoms with Crippen LogP contribution in [0.25, 0.3) is 0 Å². The van der Waals surface area contributed by atoms with Gasteiger partial charge in [-0.1, -0.05) is 31.2 Å². The Morgan fingerprint density at radius 1 is 1.20 bits per heavy atom. The first-order valence-electron chi connectivity index (χ1n) is 5.22. The van der Waals surface area contributed by atoms with Crippen LogP contribution >= 0.6 is 0 Å². The topological polar surface area (TPSA) is 29.1 Å². The standard InChI is InChI=1S/C13H15NO/c1-9-8-12(10(2)13(9)15)14-11-6-4-3-5-7-11/h3-8,10,12,14H,1-2H3/t10-,12+/m0/s1. The van der Waals surface area contributed by atoms with E-state index in [1.54, 1.807) is 0 Å². The lowest BCUT2D eigenvalue weighted by Crippen LogP contribution is -2.25. The van der Waals surface area contributed by atoms with Crippen molar-refractivity contribution < 1.29 is 4.79 Å². The molecule has 1 aliphatic carbocycles. The highest BCUT2D eigenvalue weighted by molar-refractivity contribution is 6.00. The average molecular weight is 201 g/mol. The Morgan fingerprint density at radius 2 is 1.87 bits per heavy atom. The first-order valence-corrected chi connectivity index (χ1v) is 5.22. The van der Waals surface area contributed by atoms with Gasteiger partial charge in [0.25, 0.3) is 0 Å². The van der Waals surface area contributed by atoms with Crippen LogP contribution in [-0.2, 0) is 4.79 Å². The predicted octanol–water partition coefficient (Wildman–Crippen LogP) is 2.63. The number of rotatable bonds is 2. The highest BCUT2D eigenvalue weighted by Gasteiger charge is 2.29. The Kier molecular flexibility index (Phi) is 2.58. The van der Waals surface area contributed by atoms with E-state index in [2.05, 4.69) is 5.32 Å². The van der Waals surface area contributed by atoms with Crippen molar-refractivity contribution in [2.24, 2.45) is 5.92 Å². The summed E-state index contributed by atoms with van der Waals surface area (Å²) in [7, 11) is 0. The SMILES string of the molecule is CC1=C[C@@H](Nc2ccccc2)[C@H](C)C1=O. The number of Topliss-reactive ketones (excluding diaryl/α,β-unsaturated/α-hetero) is 1. The summed E-state index contributed by atoms with van der Waals surface area (Å²) in [4.78, 5) is 11.6. The van der Waals surface area contributed by atoms with Crippen molar-refractivity contribution in [3.8, 4) is 0 Å². The summed E-state index contributed by atoms with van der Waals surface area (Å²) in [6.45, 7) is 3.85. The molecule has 1 aliphatic rings. The highest BCUT2D eigenvalue weighted by Crippen LogP contribution is 2.24. The minimum Gasteiger partial charge on any atom is -0.378 e. The van der Waals surface area contributed by atoms with Crippen LogP contribution in [0.3, 0.4) is 0 Å². The number of carbonyl (C=O) groups is 1. The number of ketones is 1. The quantitative estimate of drug-likeness (QED) is 0.797. The van der Waals surface area contributed by atoms with Gasteiger partial charge in [0.05, 0.1) is 6.04 Å². The minimum atomic E-state index is 0.0465. The van der Waals surface area contributed by atoms with Crippen molar-refractivity contribution in [1.29, 1.82) is 0 Å². The second-order valence-electron chi connectivity index (χ2n) is 4.04. The van der Waals surface area contributed by atoms with Gasteiger partial charge in [0.1, 0.15) is 0 Å². The van der Waals surface area contributed by atoms with Crippen molar-refractivity contribution in [2.45, 2.75) is 19.9 Å². The number of carbonyl (C=O) groups excluding carboxylic acids is 1. The van der Waals surface area contributed by atoms with Crippen LogP contribution in [0, 0.1) is 5.92 Å². The highest BCUT2D eigenvalue weighted by atomic mass is 16.1. The summed E-state index contributed by atoms with van der Waals surface area (Å²) in [6, 6.07) is 10.1. The Hall–Kier alpha value is -1.57. The third-order valence-corrected chi connectivity index (χ3v) is 2.88. The fourth-order valence-electron chi connectivity index (χ4n) is 1.91. The third-order valence-electron chi connectivity index (χ3n) is 2.88. The lowest BCUT2D eigenvalue weighted by molar-refractivity contribution is -0.117. The monoisotopic (exact) mass is 201 g/mol. The largest absolute Gasteiger partial charge is 0.378 e. The Bertz CT molecular complexity index is 394. The number of hydrogen-bond acceptors (Lipinski definition) is 2. The van der Waals surface area contributed by atoms with Gasteiger partial charge in [0.15, 0.2) is 5.78 Å². The van der Waals surface area contributed by atoms with Gasteiger partial charge in [-0.15, -0.1) is 0 Å². The van der Waals surface area contributed by atoms with Crippen LogP contribution in [0.4, 0.5) is 5.69 Å². The molecular formula is C13H15NO. The molecule has 15 heavy (non-hydrogen) atoms. The second-order valence-corrected chi connectivity index (χ2v) is 4.04. The summed E-state index contributed by atoms with van der Waals surface area (Å²) >= 11 is 0. The van der Waals surface area contributed by atoms with E-state index in [-0.39, 0.29) is 17.7 Å². The van der Waals surface area contributed by atoms with E-state index < -0.39 is 0 Å². The molecule has 0 saturated carbocycles.